The zero-order valence-electron chi connectivity index (χ0n) is 26.3. The molecule has 0 bridgehead atoms. The van der Waals surface area contributed by atoms with Crippen LogP contribution in [0.25, 0.3) is 21.7 Å². The van der Waals surface area contributed by atoms with Crippen molar-refractivity contribution >= 4 is 49.2 Å². The standard InChI is InChI=1S/C36H42N6O2S/c1-41(2)33-17-9-15-30-29(33)14-10-18-34(30)45(43,44)38-24-27-21-19-26(20-22-27)23-37-36-39-32-16-8-7-13-31(32)35(40-36)42(3)25-28-11-5-4-6-12-28/h4-18,26-27,38H,19-25H2,1-3H3,(H,37,39,40). The molecule has 1 fully saturated rings. The first-order valence-corrected chi connectivity index (χ1v) is 17.2. The normalized spacial score (nSPS) is 17.0. The highest BCUT2D eigenvalue weighted by molar-refractivity contribution is 7.89. The Bertz CT molecular complexity index is 1870. The number of sulfonamides is 1. The third-order valence-electron chi connectivity index (χ3n) is 8.91. The lowest BCUT2D eigenvalue weighted by molar-refractivity contribution is 0.284. The summed E-state index contributed by atoms with van der Waals surface area (Å²) in [6.07, 6.45) is 4.04. The predicted octanol–water partition coefficient (Wildman–Crippen LogP) is 6.68. The van der Waals surface area contributed by atoms with Gasteiger partial charge in [0.05, 0.1) is 10.4 Å². The number of hydrogen-bond donors (Lipinski definition) is 2. The van der Waals surface area contributed by atoms with Crippen LogP contribution in [0.5, 0.6) is 0 Å². The van der Waals surface area contributed by atoms with Crippen molar-refractivity contribution in [1.82, 2.24) is 14.7 Å². The molecule has 0 spiro atoms. The summed E-state index contributed by atoms with van der Waals surface area (Å²) in [5.74, 6) is 2.36. The molecule has 234 valence electrons. The smallest absolute Gasteiger partial charge is 0.241 e. The maximum atomic E-state index is 13.4. The van der Waals surface area contributed by atoms with Crippen molar-refractivity contribution in [3.63, 3.8) is 0 Å². The minimum atomic E-state index is -3.64. The van der Waals surface area contributed by atoms with Gasteiger partial charge >= 0.3 is 0 Å². The van der Waals surface area contributed by atoms with Crippen LogP contribution in [-0.2, 0) is 16.6 Å². The number of aromatic nitrogens is 2. The van der Waals surface area contributed by atoms with Gasteiger partial charge in [-0.05, 0) is 67.3 Å². The molecule has 2 N–H and O–H groups in total. The molecule has 1 aromatic heterocycles. The Morgan fingerprint density at radius 2 is 1.36 bits per heavy atom. The quantitative estimate of drug-likeness (QED) is 0.170. The molecular formula is C36H42N6O2S. The maximum absolute atomic E-state index is 13.4. The molecule has 45 heavy (non-hydrogen) atoms. The van der Waals surface area contributed by atoms with Crippen LogP contribution in [0, 0.1) is 11.8 Å². The zero-order valence-corrected chi connectivity index (χ0v) is 27.1. The number of benzene rings is 4. The number of nitrogens with one attached hydrogen (secondary N) is 2. The van der Waals surface area contributed by atoms with Crippen molar-refractivity contribution < 1.29 is 8.42 Å². The number of para-hydroxylation sites is 1. The summed E-state index contributed by atoms with van der Waals surface area (Å²) in [5, 5.41) is 6.24. The van der Waals surface area contributed by atoms with E-state index in [1.807, 2.05) is 73.6 Å². The van der Waals surface area contributed by atoms with Crippen LogP contribution >= 0.6 is 0 Å². The summed E-state index contributed by atoms with van der Waals surface area (Å²) in [6.45, 7) is 2.01. The van der Waals surface area contributed by atoms with Gasteiger partial charge in [0.15, 0.2) is 0 Å². The van der Waals surface area contributed by atoms with Gasteiger partial charge in [0.2, 0.25) is 16.0 Å². The minimum absolute atomic E-state index is 0.318. The Labute approximate surface area is 266 Å². The monoisotopic (exact) mass is 622 g/mol. The highest BCUT2D eigenvalue weighted by Crippen LogP contribution is 2.32. The molecule has 9 heteroatoms. The van der Waals surface area contributed by atoms with Gasteiger partial charge in [-0.1, -0.05) is 66.7 Å². The first-order chi connectivity index (χ1) is 21.8. The number of anilines is 3. The molecule has 0 saturated heterocycles. The summed E-state index contributed by atoms with van der Waals surface area (Å²) >= 11 is 0. The summed E-state index contributed by atoms with van der Waals surface area (Å²) in [6, 6.07) is 29.9. The first kappa shape index (κ1) is 30.8. The highest BCUT2D eigenvalue weighted by atomic mass is 32.2. The lowest BCUT2D eigenvalue weighted by Gasteiger charge is -2.29. The first-order valence-electron chi connectivity index (χ1n) is 15.7. The molecule has 0 unspecified atom stereocenters. The maximum Gasteiger partial charge on any atom is 0.241 e. The van der Waals surface area contributed by atoms with Crippen LogP contribution in [0.2, 0.25) is 0 Å². The fourth-order valence-electron chi connectivity index (χ4n) is 6.43. The molecule has 4 aromatic carbocycles. The Balaban J connectivity index is 1.06. The lowest BCUT2D eigenvalue weighted by Crippen LogP contribution is -2.32. The summed E-state index contributed by atoms with van der Waals surface area (Å²) in [7, 11) is 2.37. The topological polar surface area (TPSA) is 90.5 Å². The van der Waals surface area contributed by atoms with Crippen LogP contribution in [0.3, 0.4) is 0 Å². The third kappa shape index (κ3) is 7.05. The van der Waals surface area contributed by atoms with Crippen molar-refractivity contribution in [1.29, 1.82) is 0 Å². The van der Waals surface area contributed by atoms with Gasteiger partial charge in [0.1, 0.15) is 5.82 Å². The Kier molecular flexibility index (Phi) is 9.19. The van der Waals surface area contributed by atoms with E-state index in [1.165, 1.54) is 5.56 Å². The second-order valence-corrected chi connectivity index (χ2v) is 14.1. The molecule has 1 saturated carbocycles. The van der Waals surface area contributed by atoms with E-state index in [0.717, 1.165) is 72.0 Å². The molecule has 0 radical (unpaired) electrons. The van der Waals surface area contributed by atoms with E-state index in [1.54, 1.807) is 6.07 Å². The van der Waals surface area contributed by atoms with E-state index in [-0.39, 0.29) is 0 Å². The molecule has 1 aliphatic rings. The van der Waals surface area contributed by atoms with Crippen molar-refractivity contribution in [2.24, 2.45) is 11.8 Å². The van der Waals surface area contributed by atoms with Crippen molar-refractivity contribution in [3.05, 3.63) is 96.6 Å². The van der Waals surface area contributed by atoms with E-state index < -0.39 is 10.0 Å². The molecule has 1 aliphatic carbocycles. The van der Waals surface area contributed by atoms with E-state index >= 15 is 0 Å². The molecule has 0 amide bonds. The molecule has 8 nitrogen and oxygen atoms in total. The zero-order chi connectivity index (χ0) is 31.4. The van der Waals surface area contributed by atoms with Gasteiger partial charge in [-0.3, -0.25) is 0 Å². The van der Waals surface area contributed by atoms with Gasteiger partial charge in [-0.2, -0.15) is 4.98 Å². The van der Waals surface area contributed by atoms with Crippen LogP contribution in [0.15, 0.2) is 95.9 Å². The fraction of sp³-hybridized carbons (Fsp3) is 0.333. The van der Waals surface area contributed by atoms with E-state index in [4.69, 9.17) is 9.97 Å². The third-order valence-corrected chi connectivity index (χ3v) is 10.4. The molecule has 5 aromatic rings. The summed E-state index contributed by atoms with van der Waals surface area (Å²) in [5.41, 5.74) is 3.15. The van der Waals surface area contributed by atoms with Gasteiger partial charge in [0, 0.05) is 62.6 Å². The molecular weight excluding hydrogens is 581 g/mol. The molecule has 6 rings (SSSR count). The Morgan fingerprint density at radius 3 is 2.11 bits per heavy atom. The Hall–Kier alpha value is -4.21. The van der Waals surface area contributed by atoms with Gasteiger partial charge < -0.3 is 15.1 Å². The largest absolute Gasteiger partial charge is 0.377 e. The number of hydrogen-bond acceptors (Lipinski definition) is 7. The predicted molar refractivity (Wildman–Crippen MR) is 185 cm³/mol. The molecule has 0 atom stereocenters. The van der Waals surface area contributed by atoms with Crippen molar-refractivity contribution in [3.8, 4) is 0 Å². The van der Waals surface area contributed by atoms with Gasteiger partial charge in [0.25, 0.3) is 0 Å². The van der Waals surface area contributed by atoms with E-state index in [9.17, 15) is 8.42 Å². The lowest BCUT2D eigenvalue weighted by atomic mass is 9.82. The fourth-order valence-corrected chi connectivity index (χ4v) is 7.77. The van der Waals surface area contributed by atoms with Gasteiger partial charge in [-0.15, -0.1) is 0 Å². The average molecular weight is 623 g/mol. The highest BCUT2D eigenvalue weighted by Gasteiger charge is 2.25. The summed E-state index contributed by atoms with van der Waals surface area (Å²) < 4.78 is 29.8. The molecule has 0 aliphatic heterocycles. The van der Waals surface area contributed by atoms with Crippen molar-refractivity contribution in [2.75, 3.05) is 49.3 Å². The van der Waals surface area contributed by atoms with Crippen LogP contribution in [0.1, 0.15) is 31.2 Å². The number of fused-ring (bicyclic) bond motifs is 2. The number of nitrogens with zero attached hydrogens (tertiary/aromatic N) is 4. The SMILES string of the molecule is CN(C)c1cccc2c(S(=O)(=O)NCC3CCC(CNc4nc(N(C)Cc5ccccc5)c5ccccc5n4)CC3)cccc12. The van der Waals surface area contributed by atoms with Crippen molar-refractivity contribution in [2.45, 2.75) is 37.1 Å². The second kappa shape index (κ2) is 13.4. The van der Waals surface area contributed by atoms with Crippen LogP contribution < -0.4 is 19.8 Å². The van der Waals surface area contributed by atoms with E-state index in [0.29, 0.717) is 29.2 Å². The summed E-state index contributed by atoms with van der Waals surface area (Å²) in [4.78, 5) is 14.3. The second-order valence-electron chi connectivity index (χ2n) is 12.4. The minimum Gasteiger partial charge on any atom is -0.377 e. The average Bonchev–Trinajstić information content (AvgIpc) is 3.06. The molecule has 1 heterocycles. The van der Waals surface area contributed by atoms with Gasteiger partial charge in [-0.25, -0.2) is 18.1 Å². The Morgan fingerprint density at radius 1 is 0.711 bits per heavy atom. The van der Waals surface area contributed by atoms with Crippen LogP contribution in [-0.4, -0.2) is 52.6 Å². The number of rotatable bonds is 11. The van der Waals surface area contributed by atoms with E-state index in [2.05, 4.69) is 52.3 Å². The van der Waals surface area contributed by atoms with Crippen LogP contribution in [0.4, 0.5) is 17.5 Å².